The van der Waals surface area contributed by atoms with Crippen molar-refractivity contribution in [1.29, 1.82) is 0 Å². The van der Waals surface area contributed by atoms with Gasteiger partial charge in [-0.15, -0.1) is 0 Å². The van der Waals surface area contributed by atoms with Crippen molar-refractivity contribution in [1.82, 2.24) is 5.32 Å². The zero-order valence-corrected chi connectivity index (χ0v) is 10.4. The third-order valence-corrected chi connectivity index (χ3v) is 2.54. The van der Waals surface area contributed by atoms with E-state index in [0.29, 0.717) is 0 Å². The Balaban J connectivity index is 2.72. The zero-order valence-electron chi connectivity index (χ0n) is 9.69. The molecule has 0 aliphatic carbocycles. The summed E-state index contributed by atoms with van der Waals surface area (Å²) in [5, 5.41) is 21.6. The normalized spacial score (nSPS) is 11.7. The molecule has 0 aliphatic rings. The summed E-state index contributed by atoms with van der Waals surface area (Å²) in [5.41, 5.74) is -0.241. The number of carboxylic acids is 1. The summed E-state index contributed by atoms with van der Waals surface area (Å²) in [6.45, 7) is -0.405. The van der Waals surface area contributed by atoms with Gasteiger partial charge in [-0.05, 0) is 12.1 Å². The number of aliphatic carboxylic acids is 1. The minimum atomic E-state index is -1.30. The molecule has 0 aromatic heterocycles. The van der Waals surface area contributed by atoms with Gasteiger partial charge in [-0.3, -0.25) is 0 Å². The maximum Gasteiger partial charge on any atom is 0.326 e. The number of amides is 2. The van der Waals surface area contributed by atoms with Gasteiger partial charge in [-0.2, -0.15) is 0 Å². The molecule has 1 aromatic carbocycles. The van der Waals surface area contributed by atoms with Crippen LogP contribution in [-0.4, -0.2) is 34.9 Å². The Morgan fingerprint density at radius 3 is 2.63 bits per heavy atom. The van der Waals surface area contributed by atoms with Gasteiger partial charge in [0.15, 0.2) is 0 Å². The third kappa shape index (κ3) is 4.38. The molecule has 1 rings (SSSR count). The molecule has 0 saturated heterocycles. The van der Waals surface area contributed by atoms with Crippen LogP contribution >= 0.6 is 11.6 Å². The van der Waals surface area contributed by atoms with Crippen molar-refractivity contribution in [2.75, 3.05) is 11.9 Å². The molecular weight excluding hydrogens is 279 g/mol. The van der Waals surface area contributed by atoms with Crippen LogP contribution < -0.4 is 10.6 Å². The number of rotatable bonds is 5. The molecule has 0 heterocycles. The molecule has 104 valence electrons. The molecular formula is C11H12ClFN2O4. The summed E-state index contributed by atoms with van der Waals surface area (Å²) in [6, 6.07) is 1.66. The van der Waals surface area contributed by atoms with Crippen LogP contribution in [0.25, 0.3) is 0 Å². The molecule has 8 heteroatoms. The highest BCUT2D eigenvalue weighted by Gasteiger charge is 2.20. The van der Waals surface area contributed by atoms with Crippen molar-refractivity contribution in [2.24, 2.45) is 0 Å². The van der Waals surface area contributed by atoms with E-state index in [1.807, 2.05) is 0 Å². The topological polar surface area (TPSA) is 98.7 Å². The number of carboxylic acid groups (broad SMARTS) is 1. The van der Waals surface area contributed by atoms with E-state index >= 15 is 0 Å². The van der Waals surface area contributed by atoms with E-state index in [1.54, 1.807) is 0 Å². The summed E-state index contributed by atoms with van der Waals surface area (Å²) >= 11 is 5.70. The van der Waals surface area contributed by atoms with Gasteiger partial charge in [0.25, 0.3) is 0 Å². The van der Waals surface area contributed by atoms with Crippen LogP contribution in [-0.2, 0) is 4.79 Å². The number of para-hydroxylation sites is 1. The monoisotopic (exact) mass is 290 g/mol. The van der Waals surface area contributed by atoms with Crippen molar-refractivity contribution in [3.05, 3.63) is 29.0 Å². The van der Waals surface area contributed by atoms with E-state index in [9.17, 15) is 14.0 Å². The highest BCUT2D eigenvalue weighted by atomic mass is 35.5. The number of nitrogens with one attached hydrogen (secondary N) is 2. The Kier molecular flexibility index (Phi) is 5.53. The Morgan fingerprint density at radius 1 is 1.42 bits per heavy atom. The number of anilines is 1. The number of aliphatic hydroxyl groups is 1. The van der Waals surface area contributed by atoms with E-state index in [-0.39, 0.29) is 17.1 Å². The molecule has 19 heavy (non-hydrogen) atoms. The molecule has 0 spiro atoms. The van der Waals surface area contributed by atoms with Gasteiger partial charge in [0.2, 0.25) is 0 Å². The number of carbonyl (C=O) groups is 2. The number of hydrogen-bond acceptors (Lipinski definition) is 3. The molecule has 1 aromatic rings. The van der Waals surface area contributed by atoms with Crippen molar-refractivity contribution >= 4 is 29.3 Å². The Morgan fingerprint density at radius 2 is 2.11 bits per heavy atom. The van der Waals surface area contributed by atoms with E-state index < -0.39 is 30.5 Å². The first-order valence-corrected chi connectivity index (χ1v) is 5.68. The van der Waals surface area contributed by atoms with Crippen LogP contribution in [0.3, 0.4) is 0 Å². The Hall–Kier alpha value is -1.86. The summed E-state index contributed by atoms with van der Waals surface area (Å²) < 4.78 is 13.4. The predicted molar refractivity (Wildman–Crippen MR) is 66.7 cm³/mol. The lowest BCUT2D eigenvalue weighted by atomic mass is 10.2. The second-order valence-electron chi connectivity index (χ2n) is 3.60. The minimum absolute atomic E-state index is 0.0100. The Labute approximate surface area is 113 Å². The fourth-order valence-corrected chi connectivity index (χ4v) is 1.52. The SMILES string of the molecule is O=C(Nc1c(F)cccc1Cl)NC(CCO)C(=O)O. The summed E-state index contributed by atoms with van der Waals surface area (Å²) in [7, 11) is 0. The van der Waals surface area contributed by atoms with Crippen LogP contribution in [0.15, 0.2) is 18.2 Å². The number of carbonyl (C=O) groups excluding carboxylic acids is 1. The van der Waals surface area contributed by atoms with Crippen molar-refractivity contribution in [2.45, 2.75) is 12.5 Å². The van der Waals surface area contributed by atoms with Crippen molar-refractivity contribution < 1.29 is 24.2 Å². The van der Waals surface area contributed by atoms with Crippen molar-refractivity contribution in [3.63, 3.8) is 0 Å². The summed E-state index contributed by atoms with van der Waals surface area (Å²) in [6.07, 6.45) is -0.159. The predicted octanol–water partition coefficient (Wildman–Crippen LogP) is 1.44. The first-order valence-electron chi connectivity index (χ1n) is 5.31. The molecule has 6 nitrogen and oxygen atoms in total. The van der Waals surface area contributed by atoms with Gasteiger partial charge >= 0.3 is 12.0 Å². The van der Waals surface area contributed by atoms with Crippen LogP contribution in [0.1, 0.15) is 6.42 Å². The van der Waals surface area contributed by atoms with Gasteiger partial charge in [0.05, 0.1) is 10.7 Å². The molecule has 1 atom stereocenters. The highest BCUT2D eigenvalue weighted by molar-refractivity contribution is 6.33. The molecule has 2 amide bonds. The zero-order chi connectivity index (χ0) is 14.4. The fraction of sp³-hybridized carbons (Fsp3) is 0.273. The maximum atomic E-state index is 13.4. The number of hydrogen-bond donors (Lipinski definition) is 4. The fourth-order valence-electron chi connectivity index (χ4n) is 1.31. The number of aliphatic hydroxyl groups excluding tert-OH is 1. The standard InChI is InChI=1S/C11H12ClFN2O4/c12-6-2-1-3-7(13)9(6)15-11(19)14-8(4-5-16)10(17)18/h1-3,8,16H,4-5H2,(H,17,18)(H2,14,15,19). The van der Waals surface area contributed by atoms with Gasteiger partial charge < -0.3 is 20.8 Å². The lowest BCUT2D eigenvalue weighted by molar-refractivity contribution is -0.139. The number of urea groups is 1. The lowest BCUT2D eigenvalue weighted by Crippen LogP contribution is -2.43. The van der Waals surface area contributed by atoms with E-state index in [0.717, 1.165) is 6.07 Å². The van der Waals surface area contributed by atoms with E-state index in [2.05, 4.69) is 10.6 Å². The Bertz CT molecular complexity index is 464. The average molecular weight is 291 g/mol. The van der Waals surface area contributed by atoms with Crippen molar-refractivity contribution in [3.8, 4) is 0 Å². The number of benzene rings is 1. The first kappa shape index (κ1) is 15.2. The second-order valence-corrected chi connectivity index (χ2v) is 4.01. The minimum Gasteiger partial charge on any atom is -0.480 e. The average Bonchev–Trinajstić information content (AvgIpc) is 2.33. The van der Waals surface area contributed by atoms with Crippen LogP contribution in [0.4, 0.5) is 14.9 Å². The molecule has 0 radical (unpaired) electrons. The molecule has 0 saturated carbocycles. The molecule has 1 unspecified atom stereocenters. The molecule has 0 fully saturated rings. The smallest absolute Gasteiger partial charge is 0.326 e. The summed E-state index contributed by atoms with van der Waals surface area (Å²) in [5.74, 6) is -2.04. The van der Waals surface area contributed by atoms with Crippen LogP contribution in [0.2, 0.25) is 5.02 Å². The van der Waals surface area contributed by atoms with Gasteiger partial charge in [0.1, 0.15) is 11.9 Å². The highest BCUT2D eigenvalue weighted by Crippen LogP contribution is 2.24. The molecule has 0 bridgehead atoms. The molecule has 4 N–H and O–H groups in total. The maximum absolute atomic E-state index is 13.4. The lowest BCUT2D eigenvalue weighted by Gasteiger charge is -2.14. The van der Waals surface area contributed by atoms with E-state index in [4.69, 9.17) is 21.8 Å². The summed E-state index contributed by atoms with van der Waals surface area (Å²) in [4.78, 5) is 22.3. The second kappa shape index (κ2) is 6.91. The van der Waals surface area contributed by atoms with Gasteiger partial charge in [-0.1, -0.05) is 17.7 Å². The first-order chi connectivity index (χ1) is 8.95. The quantitative estimate of drug-likeness (QED) is 0.659. The van der Waals surface area contributed by atoms with Crippen LogP contribution in [0, 0.1) is 5.82 Å². The van der Waals surface area contributed by atoms with Gasteiger partial charge in [-0.25, -0.2) is 14.0 Å². The molecule has 0 aliphatic heterocycles. The van der Waals surface area contributed by atoms with Crippen LogP contribution in [0.5, 0.6) is 0 Å². The third-order valence-electron chi connectivity index (χ3n) is 2.22. The largest absolute Gasteiger partial charge is 0.480 e. The van der Waals surface area contributed by atoms with Gasteiger partial charge in [0, 0.05) is 13.0 Å². The number of halogens is 2. The van der Waals surface area contributed by atoms with E-state index in [1.165, 1.54) is 12.1 Å².